The molecule has 0 fully saturated rings. The molecule has 1 aliphatic rings. The van der Waals surface area contributed by atoms with Crippen molar-refractivity contribution in [2.45, 2.75) is 0 Å². The zero-order valence-corrected chi connectivity index (χ0v) is 19.4. The average Bonchev–Trinajstić information content (AvgIpc) is 3.33. The van der Waals surface area contributed by atoms with Crippen molar-refractivity contribution in [1.82, 2.24) is 14.6 Å². The molecular weight excluding hydrogens is 446 g/mol. The number of rotatable bonds is 3. The summed E-state index contributed by atoms with van der Waals surface area (Å²) in [5.41, 5.74) is 2.61. The third kappa shape index (κ3) is 4.79. The van der Waals surface area contributed by atoms with Crippen LogP contribution in [-0.4, -0.2) is 45.0 Å². The molecule has 0 N–H and O–H groups in total. The van der Waals surface area contributed by atoms with Gasteiger partial charge in [0.15, 0.2) is 5.82 Å². The fraction of sp³-hybridized carbons (Fsp3) is 0.174. The van der Waals surface area contributed by atoms with Gasteiger partial charge in [0.1, 0.15) is 18.1 Å². The van der Waals surface area contributed by atoms with Crippen molar-refractivity contribution < 1.29 is 13.7 Å². The van der Waals surface area contributed by atoms with E-state index in [9.17, 15) is 9.00 Å². The van der Waals surface area contributed by atoms with E-state index in [4.69, 9.17) is 9.47 Å². The molecule has 0 spiro atoms. The summed E-state index contributed by atoms with van der Waals surface area (Å²) >= 11 is 1.32. The molecule has 0 bridgehead atoms. The van der Waals surface area contributed by atoms with Gasteiger partial charge < -0.3 is 9.47 Å². The molecule has 2 aromatic heterocycles. The normalized spacial score (nSPS) is 13.2. The first kappa shape index (κ1) is 21.9. The number of methoxy groups -OCH3 is 1. The molecule has 0 atom stereocenters. The molecule has 0 saturated carbocycles. The van der Waals surface area contributed by atoms with E-state index in [-0.39, 0.29) is 5.56 Å². The molecule has 0 aliphatic carbocycles. The third-order valence-electron chi connectivity index (χ3n) is 4.50. The van der Waals surface area contributed by atoms with Crippen LogP contribution in [0.5, 0.6) is 11.5 Å². The number of para-hydroxylation sites is 1. The Labute approximate surface area is 191 Å². The van der Waals surface area contributed by atoms with Crippen LogP contribution in [0.2, 0.25) is 0 Å². The van der Waals surface area contributed by atoms with Gasteiger partial charge in [-0.1, -0.05) is 29.5 Å². The largest absolute Gasteiger partial charge is 0.497 e. The molecule has 0 amide bonds. The van der Waals surface area contributed by atoms with Gasteiger partial charge in [-0.3, -0.25) is 9.00 Å². The van der Waals surface area contributed by atoms with Gasteiger partial charge in [0, 0.05) is 34.4 Å². The highest BCUT2D eigenvalue weighted by Gasteiger charge is 2.14. The van der Waals surface area contributed by atoms with E-state index in [0.29, 0.717) is 21.9 Å². The van der Waals surface area contributed by atoms with Gasteiger partial charge in [0.25, 0.3) is 5.56 Å². The van der Waals surface area contributed by atoms with E-state index in [1.807, 2.05) is 60.7 Å². The molecule has 7 nitrogen and oxygen atoms in total. The van der Waals surface area contributed by atoms with Crippen molar-refractivity contribution in [1.29, 1.82) is 0 Å². The van der Waals surface area contributed by atoms with Gasteiger partial charge in [0.05, 0.1) is 11.6 Å². The Kier molecular flexibility index (Phi) is 6.48. The molecule has 4 aromatic rings. The lowest BCUT2D eigenvalue weighted by Crippen LogP contribution is -2.24. The molecular formula is C23H21N3O4S2. The van der Waals surface area contributed by atoms with Crippen molar-refractivity contribution in [2.75, 3.05) is 26.2 Å². The Morgan fingerprint density at radius 1 is 1.16 bits per heavy atom. The Hall–Kier alpha value is -3.30. The average molecular weight is 468 g/mol. The van der Waals surface area contributed by atoms with Gasteiger partial charge in [0.2, 0.25) is 4.96 Å². The Bertz CT molecular complexity index is 1420. The molecule has 32 heavy (non-hydrogen) atoms. The van der Waals surface area contributed by atoms with Crippen LogP contribution in [0.4, 0.5) is 0 Å². The zero-order chi connectivity index (χ0) is 22.7. The van der Waals surface area contributed by atoms with Crippen molar-refractivity contribution in [2.24, 2.45) is 0 Å². The highest BCUT2D eigenvalue weighted by atomic mass is 32.2. The van der Waals surface area contributed by atoms with Crippen LogP contribution in [0.1, 0.15) is 5.56 Å². The maximum absolute atomic E-state index is 12.7. The summed E-state index contributed by atoms with van der Waals surface area (Å²) < 4.78 is 22.4. The van der Waals surface area contributed by atoms with Crippen LogP contribution in [0.15, 0.2) is 58.9 Å². The quantitative estimate of drug-likeness (QED) is 0.461. The number of aromatic nitrogens is 3. The fourth-order valence-corrected chi connectivity index (χ4v) is 4.00. The number of hydrogen-bond donors (Lipinski definition) is 0. The highest BCUT2D eigenvalue weighted by Crippen LogP contribution is 2.26. The van der Waals surface area contributed by atoms with Gasteiger partial charge in [-0.25, -0.2) is 0 Å². The number of thiazole rings is 1. The summed E-state index contributed by atoms with van der Waals surface area (Å²) in [6.45, 7) is 0.432. The number of ether oxygens (including phenoxy) is 2. The Balaban J connectivity index is 0.000000567. The van der Waals surface area contributed by atoms with E-state index < -0.39 is 10.8 Å². The first-order chi connectivity index (χ1) is 15.4. The lowest BCUT2D eigenvalue weighted by molar-refractivity contribution is 0.352. The van der Waals surface area contributed by atoms with Crippen molar-refractivity contribution in [3.63, 3.8) is 0 Å². The summed E-state index contributed by atoms with van der Waals surface area (Å²) in [5.74, 6) is 2.14. The minimum Gasteiger partial charge on any atom is -0.497 e. The van der Waals surface area contributed by atoms with Crippen LogP contribution < -0.4 is 19.6 Å². The topological polar surface area (TPSA) is 82.8 Å². The van der Waals surface area contributed by atoms with Crippen LogP contribution >= 0.6 is 11.3 Å². The number of nitrogens with zero attached hydrogens (tertiary/aromatic N) is 3. The molecule has 9 heteroatoms. The maximum Gasteiger partial charge on any atom is 0.291 e. The molecule has 0 saturated heterocycles. The molecule has 5 rings (SSSR count). The molecule has 0 radical (unpaired) electrons. The molecule has 1 aliphatic heterocycles. The molecule has 164 valence electrons. The lowest BCUT2D eigenvalue weighted by Gasteiger charge is -2.15. The van der Waals surface area contributed by atoms with E-state index in [0.717, 1.165) is 28.2 Å². The smallest absolute Gasteiger partial charge is 0.291 e. The Morgan fingerprint density at radius 2 is 1.88 bits per heavy atom. The van der Waals surface area contributed by atoms with Crippen LogP contribution in [0, 0.1) is 0 Å². The van der Waals surface area contributed by atoms with E-state index in [1.165, 1.54) is 15.9 Å². The molecule has 0 unspecified atom stereocenters. The predicted octanol–water partition coefficient (Wildman–Crippen LogP) is 2.80. The van der Waals surface area contributed by atoms with Gasteiger partial charge in [-0.05, 0) is 48.1 Å². The molecule has 2 aromatic carbocycles. The Morgan fingerprint density at radius 3 is 2.56 bits per heavy atom. The number of benzene rings is 2. The number of hydrogen-bond acceptors (Lipinski definition) is 7. The summed E-state index contributed by atoms with van der Waals surface area (Å²) in [7, 11) is 1.01. The summed E-state index contributed by atoms with van der Waals surface area (Å²) in [4.78, 5) is 17.8. The first-order valence-electron chi connectivity index (χ1n) is 9.68. The third-order valence-corrected chi connectivity index (χ3v) is 5.46. The standard InChI is InChI=1S/C21H15N3O3S.C2H6OS/c1-26-16-8-6-14(7-9-16)19-22-21-24(23-19)20(25)18(28-21)11-13-10-15-4-2-3-5-17(15)27-12-13;1-4(2)3/h2-11H,12H2,1H3;1-2H3/b18-11-;. The van der Waals surface area contributed by atoms with E-state index in [2.05, 4.69) is 10.1 Å². The minimum absolute atomic E-state index is 0.174. The predicted molar refractivity (Wildman–Crippen MR) is 129 cm³/mol. The van der Waals surface area contributed by atoms with Gasteiger partial charge in [-0.2, -0.15) is 9.50 Å². The van der Waals surface area contributed by atoms with Crippen molar-refractivity contribution >= 4 is 39.2 Å². The first-order valence-corrected chi connectivity index (χ1v) is 12.5. The fourth-order valence-electron chi connectivity index (χ4n) is 3.08. The lowest BCUT2D eigenvalue weighted by atomic mass is 10.1. The van der Waals surface area contributed by atoms with Crippen molar-refractivity contribution in [3.8, 4) is 22.9 Å². The van der Waals surface area contributed by atoms with Crippen LogP contribution in [-0.2, 0) is 10.8 Å². The zero-order valence-electron chi connectivity index (χ0n) is 17.8. The highest BCUT2D eigenvalue weighted by molar-refractivity contribution is 7.83. The van der Waals surface area contributed by atoms with Crippen molar-refractivity contribution in [3.05, 3.63) is 74.6 Å². The summed E-state index contributed by atoms with van der Waals surface area (Å²) in [5, 5.41) is 4.38. The minimum atomic E-state index is -0.611. The summed E-state index contributed by atoms with van der Waals surface area (Å²) in [6, 6.07) is 15.3. The van der Waals surface area contributed by atoms with Crippen LogP contribution in [0.3, 0.4) is 0 Å². The van der Waals surface area contributed by atoms with Gasteiger partial charge in [-0.15, -0.1) is 5.10 Å². The number of fused-ring (bicyclic) bond motifs is 2. The second kappa shape index (κ2) is 9.46. The van der Waals surface area contributed by atoms with E-state index in [1.54, 1.807) is 19.6 Å². The second-order valence-electron chi connectivity index (χ2n) is 7.06. The van der Waals surface area contributed by atoms with Crippen LogP contribution in [0.25, 0.3) is 28.5 Å². The maximum atomic E-state index is 12.7. The van der Waals surface area contributed by atoms with E-state index >= 15 is 0 Å². The monoisotopic (exact) mass is 467 g/mol. The van der Waals surface area contributed by atoms with Gasteiger partial charge >= 0.3 is 0 Å². The summed E-state index contributed by atoms with van der Waals surface area (Å²) in [6.07, 6.45) is 7.17. The SMILES string of the molecule is COc1ccc(-c2nc3s/c(=C\C4=Cc5ccccc5OC4)c(=O)n3n2)cc1.CS(C)=O. The molecule has 3 heterocycles. The second-order valence-corrected chi connectivity index (χ2v) is 9.55.